The number of hydrogen-bond acceptors (Lipinski definition) is 2. The van der Waals surface area contributed by atoms with Crippen LogP contribution < -0.4 is 11.1 Å². The van der Waals surface area contributed by atoms with Crippen LogP contribution >= 0.6 is 0 Å². The number of halogens is 3. The number of para-hydroxylation sites is 1. The van der Waals surface area contributed by atoms with Gasteiger partial charge >= 0.3 is 6.18 Å². The van der Waals surface area contributed by atoms with Gasteiger partial charge in [-0.3, -0.25) is 0 Å². The lowest BCUT2D eigenvalue weighted by molar-refractivity contribution is -0.136. The Morgan fingerprint density at radius 1 is 0.889 bits per heavy atom. The quantitative estimate of drug-likeness (QED) is 0.792. The summed E-state index contributed by atoms with van der Waals surface area (Å²) >= 11 is 0. The molecule has 3 N–H and O–H groups in total. The molecular weight excluding hydrogens is 241 g/mol. The van der Waals surface area contributed by atoms with Crippen LogP contribution in [0.25, 0.3) is 0 Å². The Morgan fingerprint density at radius 2 is 1.50 bits per heavy atom. The smallest absolute Gasteiger partial charge is 0.399 e. The Morgan fingerprint density at radius 3 is 2.11 bits per heavy atom. The third-order valence-electron chi connectivity index (χ3n) is 2.42. The fourth-order valence-corrected chi connectivity index (χ4v) is 1.56. The first-order chi connectivity index (χ1) is 8.47. The molecule has 2 aromatic carbocycles. The minimum absolute atomic E-state index is 0.0229. The van der Waals surface area contributed by atoms with Gasteiger partial charge in [-0.1, -0.05) is 12.1 Å². The summed E-state index contributed by atoms with van der Waals surface area (Å²) in [5.74, 6) is 0. The molecule has 0 spiro atoms. The lowest BCUT2D eigenvalue weighted by atomic mass is 10.1. The Balaban J connectivity index is 2.32. The largest absolute Gasteiger partial charge is 0.418 e. The van der Waals surface area contributed by atoms with Gasteiger partial charge < -0.3 is 11.1 Å². The number of alkyl halides is 3. The molecule has 94 valence electrons. The molecule has 18 heavy (non-hydrogen) atoms. The zero-order chi connectivity index (χ0) is 13.2. The maximum atomic E-state index is 12.8. The van der Waals surface area contributed by atoms with Crippen molar-refractivity contribution in [2.45, 2.75) is 6.18 Å². The van der Waals surface area contributed by atoms with Crippen molar-refractivity contribution in [1.29, 1.82) is 0 Å². The van der Waals surface area contributed by atoms with Crippen molar-refractivity contribution < 1.29 is 13.2 Å². The number of anilines is 3. The standard InChI is InChI=1S/C13H11F3N2/c14-13(15,16)11-3-1-2-4-12(11)18-10-7-5-9(17)6-8-10/h1-8,18H,17H2. The van der Waals surface area contributed by atoms with Crippen LogP contribution in [0.4, 0.5) is 30.2 Å². The fourth-order valence-electron chi connectivity index (χ4n) is 1.56. The molecular formula is C13H11F3N2. The predicted octanol–water partition coefficient (Wildman–Crippen LogP) is 4.03. The summed E-state index contributed by atoms with van der Waals surface area (Å²) in [7, 11) is 0. The van der Waals surface area contributed by atoms with Crippen molar-refractivity contribution in [2.75, 3.05) is 11.1 Å². The van der Waals surface area contributed by atoms with Crippen molar-refractivity contribution in [1.82, 2.24) is 0 Å². The van der Waals surface area contributed by atoms with Gasteiger partial charge in [-0.25, -0.2) is 0 Å². The van der Waals surface area contributed by atoms with Crippen LogP contribution in [0.2, 0.25) is 0 Å². The van der Waals surface area contributed by atoms with E-state index in [1.165, 1.54) is 12.1 Å². The van der Waals surface area contributed by atoms with E-state index in [9.17, 15) is 13.2 Å². The average molecular weight is 252 g/mol. The summed E-state index contributed by atoms with van der Waals surface area (Å²) in [5.41, 5.74) is 5.96. The van der Waals surface area contributed by atoms with E-state index in [1.54, 1.807) is 30.3 Å². The van der Waals surface area contributed by atoms with Gasteiger partial charge in [0, 0.05) is 11.4 Å². The molecule has 0 heterocycles. The van der Waals surface area contributed by atoms with Gasteiger partial charge in [0.05, 0.1) is 11.3 Å². The van der Waals surface area contributed by atoms with Crippen molar-refractivity contribution in [3.63, 3.8) is 0 Å². The molecule has 2 nitrogen and oxygen atoms in total. The minimum Gasteiger partial charge on any atom is -0.399 e. The monoisotopic (exact) mass is 252 g/mol. The van der Waals surface area contributed by atoms with Crippen molar-refractivity contribution in [3.8, 4) is 0 Å². The molecule has 0 bridgehead atoms. The lowest BCUT2D eigenvalue weighted by Crippen LogP contribution is -2.08. The number of hydrogen-bond donors (Lipinski definition) is 2. The van der Waals surface area contributed by atoms with E-state index in [4.69, 9.17) is 5.73 Å². The van der Waals surface area contributed by atoms with Crippen LogP contribution in [0.3, 0.4) is 0 Å². The topological polar surface area (TPSA) is 38.0 Å². The van der Waals surface area contributed by atoms with E-state index in [1.807, 2.05) is 0 Å². The molecule has 0 atom stereocenters. The fraction of sp³-hybridized carbons (Fsp3) is 0.0769. The summed E-state index contributed by atoms with van der Waals surface area (Å²) in [6.07, 6.45) is -4.38. The zero-order valence-electron chi connectivity index (χ0n) is 9.33. The zero-order valence-corrected chi connectivity index (χ0v) is 9.33. The maximum Gasteiger partial charge on any atom is 0.418 e. The highest BCUT2D eigenvalue weighted by Gasteiger charge is 2.33. The predicted molar refractivity (Wildman–Crippen MR) is 65.6 cm³/mol. The van der Waals surface area contributed by atoms with E-state index in [2.05, 4.69) is 5.32 Å². The first-order valence-corrected chi connectivity index (χ1v) is 5.25. The molecule has 2 rings (SSSR count). The van der Waals surface area contributed by atoms with E-state index in [0.717, 1.165) is 6.07 Å². The summed E-state index contributed by atoms with van der Waals surface area (Å²) in [4.78, 5) is 0. The van der Waals surface area contributed by atoms with Crippen LogP contribution in [0, 0.1) is 0 Å². The van der Waals surface area contributed by atoms with Crippen LogP contribution in [0.5, 0.6) is 0 Å². The molecule has 0 aliphatic carbocycles. The second-order valence-corrected chi connectivity index (χ2v) is 3.79. The van der Waals surface area contributed by atoms with E-state index >= 15 is 0 Å². The van der Waals surface area contributed by atoms with Crippen molar-refractivity contribution in [2.24, 2.45) is 0 Å². The molecule has 0 radical (unpaired) electrons. The molecule has 5 heteroatoms. The molecule has 0 aliphatic heterocycles. The molecule has 0 aliphatic rings. The van der Waals surface area contributed by atoms with Gasteiger partial charge in [0.1, 0.15) is 0 Å². The second kappa shape index (κ2) is 4.60. The number of nitrogen functional groups attached to an aromatic ring is 1. The highest BCUT2D eigenvalue weighted by Crippen LogP contribution is 2.35. The molecule has 0 aromatic heterocycles. The molecule has 0 saturated carbocycles. The SMILES string of the molecule is Nc1ccc(Nc2ccccc2C(F)(F)F)cc1. The highest BCUT2D eigenvalue weighted by atomic mass is 19.4. The van der Waals surface area contributed by atoms with E-state index in [0.29, 0.717) is 11.4 Å². The van der Waals surface area contributed by atoms with Crippen molar-refractivity contribution >= 4 is 17.1 Å². The molecule has 0 saturated heterocycles. The molecule has 0 fully saturated rings. The number of rotatable bonds is 2. The Labute approximate surface area is 102 Å². The van der Waals surface area contributed by atoms with Crippen LogP contribution in [0.15, 0.2) is 48.5 Å². The highest BCUT2D eigenvalue weighted by molar-refractivity contribution is 5.65. The van der Waals surface area contributed by atoms with Gasteiger partial charge in [-0.15, -0.1) is 0 Å². The van der Waals surface area contributed by atoms with Gasteiger partial charge in [-0.2, -0.15) is 13.2 Å². The summed E-state index contributed by atoms with van der Waals surface area (Å²) in [5, 5.41) is 2.73. The first-order valence-electron chi connectivity index (χ1n) is 5.25. The molecule has 0 unspecified atom stereocenters. The van der Waals surface area contributed by atoms with Crippen LogP contribution in [-0.2, 0) is 6.18 Å². The van der Waals surface area contributed by atoms with Crippen molar-refractivity contribution in [3.05, 3.63) is 54.1 Å². The number of nitrogens with two attached hydrogens (primary N) is 1. The van der Waals surface area contributed by atoms with E-state index in [-0.39, 0.29) is 5.69 Å². The summed E-state index contributed by atoms with van der Waals surface area (Å²) < 4.78 is 38.3. The van der Waals surface area contributed by atoms with Crippen LogP contribution in [0.1, 0.15) is 5.56 Å². The third kappa shape index (κ3) is 2.74. The Kier molecular flexibility index (Phi) is 3.14. The van der Waals surface area contributed by atoms with E-state index < -0.39 is 11.7 Å². The van der Waals surface area contributed by atoms with Gasteiger partial charge in [0.2, 0.25) is 0 Å². The first kappa shape index (κ1) is 12.3. The van der Waals surface area contributed by atoms with Crippen LogP contribution in [-0.4, -0.2) is 0 Å². The third-order valence-corrected chi connectivity index (χ3v) is 2.42. The lowest BCUT2D eigenvalue weighted by Gasteiger charge is -2.14. The molecule has 0 amide bonds. The minimum atomic E-state index is -4.38. The summed E-state index contributed by atoms with van der Waals surface area (Å²) in [6.45, 7) is 0. The number of nitrogens with one attached hydrogen (secondary N) is 1. The maximum absolute atomic E-state index is 12.8. The Bertz CT molecular complexity index is 533. The molecule has 2 aromatic rings. The Hall–Kier alpha value is -2.17. The van der Waals surface area contributed by atoms with Gasteiger partial charge in [-0.05, 0) is 36.4 Å². The van der Waals surface area contributed by atoms with Gasteiger partial charge in [0.25, 0.3) is 0 Å². The van der Waals surface area contributed by atoms with Gasteiger partial charge in [0.15, 0.2) is 0 Å². The number of benzene rings is 2. The summed E-state index contributed by atoms with van der Waals surface area (Å²) in [6, 6.07) is 11.8. The second-order valence-electron chi connectivity index (χ2n) is 3.79. The normalized spacial score (nSPS) is 11.3. The average Bonchev–Trinajstić information content (AvgIpc) is 2.31.